The lowest BCUT2D eigenvalue weighted by atomic mass is 10.1. The van der Waals surface area contributed by atoms with Gasteiger partial charge < -0.3 is 10.1 Å². The number of para-hydroxylation sites is 1. The molecule has 6 heteroatoms. The Morgan fingerprint density at radius 1 is 0.966 bits per heavy atom. The minimum Gasteiger partial charge on any atom is -0.506 e. The number of imidazole rings is 1. The van der Waals surface area contributed by atoms with Gasteiger partial charge in [-0.15, -0.1) is 12.4 Å². The highest BCUT2D eigenvalue weighted by Gasteiger charge is 2.12. The van der Waals surface area contributed by atoms with Crippen LogP contribution in [0.5, 0.6) is 5.75 Å². The van der Waals surface area contributed by atoms with Crippen molar-refractivity contribution in [1.29, 1.82) is 0 Å². The number of hydrogen-bond donors (Lipinski definition) is 2. The van der Waals surface area contributed by atoms with Crippen LogP contribution in [0.15, 0.2) is 60.9 Å². The summed E-state index contributed by atoms with van der Waals surface area (Å²) in [5.74, 6) is 1.93. The average Bonchev–Trinajstić information content (AvgIpc) is 3.20. The van der Waals surface area contributed by atoms with Crippen LogP contribution in [0.4, 0.5) is 0 Å². The SMILES string of the molecule is Cc1cc(CSCc2cccc3[nH]cnc23)c(O)c(CCc2ccccc2)n1.Cl. The molecule has 0 aliphatic rings. The molecule has 0 bridgehead atoms. The Morgan fingerprint density at radius 2 is 1.76 bits per heavy atom. The summed E-state index contributed by atoms with van der Waals surface area (Å²) in [5, 5.41) is 10.7. The number of nitrogens with zero attached hydrogens (tertiary/aromatic N) is 2. The molecule has 0 saturated carbocycles. The maximum Gasteiger partial charge on any atom is 0.141 e. The Labute approximate surface area is 181 Å². The summed E-state index contributed by atoms with van der Waals surface area (Å²) in [5.41, 5.74) is 7.23. The molecule has 0 spiro atoms. The van der Waals surface area contributed by atoms with Crippen LogP contribution in [0.25, 0.3) is 11.0 Å². The molecule has 2 heterocycles. The Kier molecular flexibility index (Phi) is 7.18. The predicted octanol–water partition coefficient (Wildman–Crippen LogP) is 5.61. The molecule has 2 aromatic heterocycles. The van der Waals surface area contributed by atoms with E-state index in [1.807, 2.05) is 43.3 Å². The molecule has 0 amide bonds. The fraction of sp³-hybridized carbons (Fsp3) is 0.217. The van der Waals surface area contributed by atoms with Crippen molar-refractivity contribution in [2.24, 2.45) is 0 Å². The van der Waals surface area contributed by atoms with Crippen LogP contribution in [0.1, 0.15) is 28.1 Å². The summed E-state index contributed by atoms with van der Waals surface area (Å²) in [6.45, 7) is 1.99. The molecule has 0 radical (unpaired) electrons. The number of aromatic hydroxyl groups is 1. The lowest BCUT2D eigenvalue weighted by Crippen LogP contribution is -2.00. The fourth-order valence-electron chi connectivity index (χ4n) is 3.41. The maximum atomic E-state index is 10.7. The molecule has 0 atom stereocenters. The number of H-pyrrole nitrogens is 1. The zero-order chi connectivity index (χ0) is 19.3. The third-order valence-electron chi connectivity index (χ3n) is 4.81. The van der Waals surface area contributed by atoms with Crippen molar-refractivity contribution >= 4 is 35.2 Å². The third-order valence-corrected chi connectivity index (χ3v) is 5.84. The first-order valence-corrected chi connectivity index (χ1v) is 10.6. The maximum absolute atomic E-state index is 10.7. The van der Waals surface area contributed by atoms with Crippen LogP contribution in [0, 0.1) is 6.92 Å². The van der Waals surface area contributed by atoms with E-state index in [0.717, 1.165) is 52.3 Å². The molecule has 150 valence electrons. The first-order chi connectivity index (χ1) is 13.7. The van der Waals surface area contributed by atoms with Crippen molar-refractivity contribution in [3.63, 3.8) is 0 Å². The molecule has 2 aromatic carbocycles. The smallest absolute Gasteiger partial charge is 0.141 e. The highest BCUT2D eigenvalue weighted by molar-refractivity contribution is 7.97. The number of rotatable bonds is 7. The Balaban J connectivity index is 0.00000240. The number of thioether (sulfide) groups is 1. The van der Waals surface area contributed by atoms with E-state index >= 15 is 0 Å². The van der Waals surface area contributed by atoms with Gasteiger partial charge in [-0.05, 0) is 43.0 Å². The van der Waals surface area contributed by atoms with Crippen LogP contribution in [0.3, 0.4) is 0 Å². The van der Waals surface area contributed by atoms with E-state index in [-0.39, 0.29) is 12.4 Å². The second kappa shape index (κ2) is 9.81. The van der Waals surface area contributed by atoms with Crippen molar-refractivity contribution in [3.05, 3.63) is 89.0 Å². The topological polar surface area (TPSA) is 61.8 Å². The highest BCUT2D eigenvalue weighted by Crippen LogP contribution is 2.29. The summed E-state index contributed by atoms with van der Waals surface area (Å²) in [6.07, 6.45) is 3.34. The summed E-state index contributed by atoms with van der Waals surface area (Å²) in [4.78, 5) is 12.1. The Bertz CT molecular complexity index is 1080. The quantitative estimate of drug-likeness (QED) is 0.403. The monoisotopic (exact) mass is 425 g/mol. The molecule has 29 heavy (non-hydrogen) atoms. The molecule has 0 saturated heterocycles. The lowest BCUT2D eigenvalue weighted by molar-refractivity contribution is 0.458. The Hall–Kier alpha value is -2.50. The first kappa shape index (κ1) is 21.2. The fourth-order valence-corrected chi connectivity index (χ4v) is 4.40. The number of aromatic amines is 1. The number of pyridine rings is 1. The largest absolute Gasteiger partial charge is 0.506 e. The summed E-state index contributed by atoms with van der Waals surface area (Å²) < 4.78 is 0. The molecule has 2 N–H and O–H groups in total. The van der Waals surface area contributed by atoms with Gasteiger partial charge in [0.1, 0.15) is 5.75 Å². The molecule has 4 rings (SSSR count). The normalized spacial score (nSPS) is 10.8. The molecule has 0 aliphatic heterocycles. The van der Waals surface area contributed by atoms with E-state index in [1.165, 1.54) is 11.1 Å². The molecule has 4 nitrogen and oxygen atoms in total. The number of fused-ring (bicyclic) bond motifs is 1. The second-order valence-electron chi connectivity index (χ2n) is 6.91. The molecule has 0 aliphatic carbocycles. The summed E-state index contributed by atoms with van der Waals surface area (Å²) in [7, 11) is 0. The average molecular weight is 426 g/mol. The molecule has 4 aromatic rings. The number of aromatic nitrogens is 3. The first-order valence-electron chi connectivity index (χ1n) is 9.41. The number of aryl methyl sites for hydroxylation is 3. The van der Waals surface area contributed by atoms with Crippen molar-refractivity contribution in [2.75, 3.05) is 0 Å². The highest BCUT2D eigenvalue weighted by atomic mass is 35.5. The van der Waals surface area contributed by atoms with Crippen molar-refractivity contribution in [1.82, 2.24) is 15.0 Å². The van der Waals surface area contributed by atoms with Crippen molar-refractivity contribution < 1.29 is 5.11 Å². The van der Waals surface area contributed by atoms with Gasteiger partial charge in [-0.3, -0.25) is 4.98 Å². The zero-order valence-electron chi connectivity index (χ0n) is 16.3. The van der Waals surface area contributed by atoms with Crippen molar-refractivity contribution in [3.8, 4) is 5.75 Å². The van der Waals surface area contributed by atoms with E-state index in [1.54, 1.807) is 18.1 Å². The third kappa shape index (κ3) is 5.11. The zero-order valence-corrected chi connectivity index (χ0v) is 17.9. The van der Waals surface area contributed by atoms with Gasteiger partial charge in [-0.25, -0.2) is 4.98 Å². The summed E-state index contributed by atoms with van der Waals surface area (Å²) in [6, 6.07) is 18.5. The van der Waals surface area contributed by atoms with E-state index in [0.29, 0.717) is 5.75 Å². The number of nitrogens with one attached hydrogen (secondary N) is 1. The van der Waals surface area contributed by atoms with Crippen LogP contribution >= 0.6 is 24.2 Å². The second-order valence-corrected chi connectivity index (χ2v) is 7.90. The van der Waals surface area contributed by atoms with E-state index in [9.17, 15) is 5.11 Å². The van der Waals surface area contributed by atoms with Crippen molar-refractivity contribution in [2.45, 2.75) is 31.3 Å². The van der Waals surface area contributed by atoms with Gasteiger partial charge in [0.15, 0.2) is 0 Å². The minimum absolute atomic E-state index is 0. The van der Waals surface area contributed by atoms with E-state index in [2.05, 4.69) is 33.2 Å². The van der Waals surface area contributed by atoms with Crippen LogP contribution < -0.4 is 0 Å². The Morgan fingerprint density at radius 3 is 2.59 bits per heavy atom. The minimum atomic E-state index is 0. The number of benzene rings is 2. The van der Waals surface area contributed by atoms with Gasteiger partial charge in [-0.1, -0.05) is 42.5 Å². The van der Waals surface area contributed by atoms with Gasteiger partial charge >= 0.3 is 0 Å². The molecule has 0 unspecified atom stereocenters. The van der Waals surface area contributed by atoms with Gasteiger partial charge in [0.2, 0.25) is 0 Å². The summed E-state index contributed by atoms with van der Waals surface area (Å²) >= 11 is 1.78. The molecular formula is C23H24ClN3OS. The van der Waals surface area contributed by atoms with E-state index in [4.69, 9.17) is 0 Å². The lowest BCUT2D eigenvalue weighted by Gasteiger charge is -2.11. The van der Waals surface area contributed by atoms with Gasteiger partial charge in [0.25, 0.3) is 0 Å². The van der Waals surface area contributed by atoms with Crippen LogP contribution in [-0.2, 0) is 24.3 Å². The van der Waals surface area contributed by atoms with E-state index < -0.39 is 0 Å². The van der Waals surface area contributed by atoms with Crippen LogP contribution in [0.2, 0.25) is 0 Å². The molecular weight excluding hydrogens is 402 g/mol. The van der Waals surface area contributed by atoms with Gasteiger partial charge in [-0.2, -0.15) is 11.8 Å². The van der Waals surface area contributed by atoms with Gasteiger partial charge in [0.05, 0.1) is 23.1 Å². The number of hydrogen-bond acceptors (Lipinski definition) is 4. The standard InChI is InChI=1S/C23H23N3OS.ClH/c1-16-12-19(14-28-13-18-8-5-9-20-22(18)25-15-24-20)23(27)21(26-16)11-10-17-6-3-2-4-7-17;/h2-9,12,15,27H,10-11,13-14H2,1H3,(H,24,25);1H. The molecule has 0 fully saturated rings. The van der Waals surface area contributed by atoms with Crippen LogP contribution in [-0.4, -0.2) is 20.1 Å². The number of halogens is 1. The van der Waals surface area contributed by atoms with Gasteiger partial charge in [0, 0.05) is 22.8 Å². The predicted molar refractivity (Wildman–Crippen MR) is 123 cm³/mol.